The van der Waals surface area contributed by atoms with Crippen molar-refractivity contribution in [2.24, 2.45) is 5.92 Å². The van der Waals surface area contributed by atoms with E-state index in [1.54, 1.807) is 0 Å². The van der Waals surface area contributed by atoms with Gasteiger partial charge in [-0.15, -0.1) is 0 Å². The van der Waals surface area contributed by atoms with Crippen LogP contribution in [-0.2, 0) is 33.4 Å². The van der Waals surface area contributed by atoms with Crippen molar-refractivity contribution in [3.8, 4) is 0 Å². The largest absolute Gasteiger partial charge is 0.462 e. The monoisotopic (exact) mass is 399 g/mol. The molecule has 0 unspecified atom stereocenters. The van der Waals surface area contributed by atoms with Crippen LogP contribution in [0.2, 0.25) is 0 Å². The molecule has 3 rings (SSSR count). The van der Waals surface area contributed by atoms with Crippen molar-refractivity contribution in [3.63, 3.8) is 0 Å². The van der Waals surface area contributed by atoms with E-state index in [4.69, 9.17) is 23.8 Å². The maximum Gasteiger partial charge on any atom is 0.313 e. The SMILES string of the molecule is CC(=O)OC[C@H]1C[C@@H]2ON3C[C@H](OC(C)(C)C)[C@@H](OC(C)(C)C)[C@H]3[C@@H]2C(=O)O1. The van der Waals surface area contributed by atoms with Gasteiger partial charge in [0.1, 0.15) is 30.8 Å². The molecule has 8 heteroatoms. The van der Waals surface area contributed by atoms with Crippen LogP contribution in [0.1, 0.15) is 54.9 Å². The lowest BCUT2D eigenvalue weighted by molar-refractivity contribution is -0.193. The van der Waals surface area contributed by atoms with E-state index in [-0.39, 0.29) is 42.5 Å². The zero-order valence-corrected chi connectivity index (χ0v) is 17.9. The second-order valence-electron chi connectivity index (χ2n) is 9.82. The third-order valence-electron chi connectivity index (χ3n) is 4.95. The maximum atomic E-state index is 12.8. The fourth-order valence-electron chi connectivity index (χ4n) is 4.20. The molecule has 0 spiro atoms. The molecule has 8 nitrogen and oxygen atoms in total. The molecule has 0 radical (unpaired) electrons. The Hall–Kier alpha value is -1.22. The normalized spacial score (nSPS) is 36.0. The molecule has 3 saturated heterocycles. The molecular formula is C20H33NO7. The smallest absolute Gasteiger partial charge is 0.313 e. The van der Waals surface area contributed by atoms with Crippen molar-refractivity contribution in [2.45, 2.75) is 96.5 Å². The molecule has 0 saturated carbocycles. The van der Waals surface area contributed by atoms with E-state index >= 15 is 0 Å². The third-order valence-corrected chi connectivity index (χ3v) is 4.95. The first-order chi connectivity index (χ1) is 12.8. The van der Waals surface area contributed by atoms with Gasteiger partial charge in [0.25, 0.3) is 0 Å². The minimum absolute atomic E-state index is 0.0516. The van der Waals surface area contributed by atoms with Crippen LogP contribution >= 0.6 is 0 Å². The Balaban J connectivity index is 1.77. The molecule has 0 bridgehead atoms. The van der Waals surface area contributed by atoms with Gasteiger partial charge in [0.05, 0.1) is 29.9 Å². The minimum atomic E-state index is -0.485. The standard InChI is InChI=1S/C20H33NO7/c1-11(22)24-10-12-8-13-15(18(23)25-12)16-17(27-20(5,6)7)14(9-21(16)28-13)26-19(2,3)4/h12-17H,8-10H2,1-7H3/t12-,13+,14+,15-,16-,17-/m1/s1. The summed E-state index contributed by atoms with van der Waals surface area (Å²) in [5.74, 6) is -1.18. The van der Waals surface area contributed by atoms with Crippen molar-refractivity contribution >= 4 is 11.9 Å². The predicted octanol–water partition coefficient (Wildman–Crippen LogP) is 1.85. The maximum absolute atomic E-state index is 12.8. The molecule has 0 aliphatic carbocycles. The van der Waals surface area contributed by atoms with Gasteiger partial charge < -0.3 is 18.9 Å². The van der Waals surface area contributed by atoms with Crippen molar-refractivity contribution in [1.82, 2.24) is 5.06 Å². The lowest BCUT2D eigenvalue weighted by Gasteiger charge is -2.37. The van der Waals surface area contributed by atoms with Gasteiger partial charge in [0.2, 0.25) is 0 Å². The van der Waals surface area contributed by atoms with Gasteiger partial charge in [-0.05, 0) is 41.5 Å². The number of hydrogen-bond donors (Lipinski definition) is 0. The Bertz CT molecular complexity index is 609. The van der Waals surface area contributed by atoms with Crippen LogP contribution in [0.15, 0.2) is 0 Å². The van der Waals surface area contributed by atoms with Crippen molar-refractivity contribution < 1.29 is 33.4 Å². The average Bonchev–Trinajstić information content (AvgIpc) is 2.99. The van der Waals surface area contributed by atoms with Crippen LogP contribution in [0.3, 0.4) is 0 Å². The summed E-state index contributed by atoms with van der Waals surface area (Å²) in [6.07, 6.45) is -0.831. The van der Waals surface area contributed by atoms with Gasteiger partial charge in [0.15, 0.2) is 0 Å². The second-order valence-corrected chi connectivity index (χ2v) is 9.82. The zero-order chi connectivity index (χ0) is 20.9. The van der Waals surface area contributed by atoms with E-state index in [1.165, 1.54) is 6.92 Å². The second kappa shape index (κ2) is 7.55. The summed E-state index contributed by atoms with van der Waals surface area (Å²) in [5, 5.41) is 1.83. The topological polar surface area (TPSA) is 83.5 Å². The number of cyclic esters (lactones) is 1. The first-order valence-electron chi connectivity index (χ1n) is 9.97. The molecule has 3 heterocycles. The van der Waals surface area contributed by atoms with Crippen LogP contribution in [0.5, 0.6) is 0 Å². The minimum Gasteiger partial charge on any atom is -0.462 e. The number of rotatable bonds is 4. The molecule has 3 aliphatic rings. The number of nitrogens with zero attached hydrogens (tertiary/aromatic N) is 1. The van der Waals surface area contributed by atoms with Gasteiger partial charge in [-0.2, -0.15) is 5.06 Å². The Labute approximate surface area is 166 Å². The van der Waals surface area contributed by atoms with Crippen molar-refractivity contribution in [1.29, 1.82) is 0 Å². The fraction of sp³-hybridized carbons (Fsp3) is 0.900. The van der Waals surface area contributed by atoms with Gasteiger partial charge in [-0.1, -0.05) is 0 Å². The number of ether oxygens (including phenoxy) is 4. The average molecular weight is 399 g/mol. The first kappa shape index (κ1) is 21.5. The molecule has 6 atom stereocenters. The summed E-state index contributed by atoms with van der Waals surface area (Å²) in [4.78, 5) is 30.0. The van der Waals surface area contributed by atoms with E-state index in [9.17, 15) is 9.59 Å². The van der Waals surface area contributed by atoms with Crippen LogP contribution in [0.25, 0.3) is 0 Å². The Morgan fingerprint density at radius 3 is 2.36 bits per heavy atom. The number of carbonyl (C=O) groups is 2. The molecule has 0 aromatic heterocycles. The van der Waals surface area contributed by atoms with E-state index < -0.39 is 23.6 Å². The molecule has 0 aromatic carbocycles. The van der Waals surface area contributed by atoms with E-state index in [0.717, 1.165) is 0 Å². The lowest BCUT2D eigenvalue weighted by atomic mass is 9.86. The van der Waals surface area contributed by atoms with E-state index in [2.05, 4.69) is 0 Å². The molecule has 160 valence electrons. The Morgan fingerprint density at radius 2 is 1.79 bits per heavy atom. The zero-order valence-electron chi connectivity index (χ0n) is 17.9. The quantitative estimate of drug-likeness (QED) is 0.663. The fourth-order valence-corrected chi connectivity index (χ4v) is 4.20. The van der Waals surface area contributed by atoms with Gasteiger partial charge in [-0.3, -0.25) is 14.4 Å². The van der Waals surface area contributed by atoms with Crippen LogP contribution in [-0.4, -0.2) is 71.8 Å². The third kappa shape index (κ3) is 4.84. The van der Waals surface area contributed by atoms with Gasteiger partial charge >= 0.3 is 11.9 Å². The Morgan fingerprint density at radius 1 is 1.14 bits per heavy atom. The van der Waals surface area contributed by atoms with E-state index in [0.29, 0.717) is 13.0 Å². The van der Waals surface area contributed by atoms with E-state index in [1.807, 2.05) is 46.6 Å². The van der Waals surface area contributed by atoms with Crippen molar-refractivity contribution in [3.05, 3.63) is 0 Å². The number of carbonyl (C=O) groups excluding carboxylic acids is 2. The number of esters is 2. The lowest BCUT2D eigenvalue weighted by Crippen LogP contribution is -2.51. The summed E-state index contributed by atoms with van der Waals surface area (Å²) in [6, 6.07) is -0.265. The summed E-state index contributed by atoms with van der Waals surface area (Å²) >= 11 is 0. The highest BCUT2D eigenvalue weighted by Gasteiger charge is 2.61. The summed E-state index contributed by atoms with van der Waals surface area (Å²) in [5.41, 5.74) is -0.736. The van der Waals surface area contributed by atoms with Crippen LogP contribution < -0.4 is 0 Å². The summed E-state index contributed by atoms with van der Waals surface area (Å²) in [6.45, 7) is 13.9. The highest BCUT2D eigenvalue weighted by atomic mass is 16.7. The predicted molar refractivity (Wildman–Crippen MR) is 99.2 cm³/mol. The molecule has 3 aliphatic heterocycles. The summed E-state index contributed by atoms with van der Waals surface area (Å²) in [7, 11) is 0. The molecular weight excluding hydrogens is 366 g/mol. The number of hydrogen-bond acceptors (Lipinski definition) is 8. The number of fused-ring (bicyclic) bond motifs is 3. The first-order valence-corrected chi connectivity index (χ1v) is 9.97. The molecule has 0 amide bonds. The van der Waals surface area contributed by atoms with Gasteiger partial charge in [0, 0.05) is 13.3 Å². The molecule has 28 heavy (non-hydrogen) atoms. The highest BCUT2D eigenvalue weighted by molar-refractivity contribution is 5.76. The van der Waals surface area contributed by atoms with Crippen LogP contribution in [0, 0.1) is 5.92 Å². The number of hydroxylamine groups is 2. The molecule has 3 fully saturated rings. The molecule has 0 N–H and O–H groups in total. The van der Waals surface area contributed by atoms with Gasteiger partial charge in [-0.25, -0.2) is 0 Å². The van der Waals surface area contributed by atoms with Crippen molar-refractivity contribution in [2.75, 3.05) is 13.2 Å². The molecule has 0 aromatic rings. The highest BCUT2D eigenvalue weighted by Crippen LogP contribution is 2.44. The summed E-state index contributed by atoms with van der Waals surface area (Å²) < 4.78 is 23.1. The van der Waals surface area contributed by atoms with Crippen LogP contribution in [0.4, 0.5) is 0 Å². The Kier molecular flexibility index (Phi) is 5.80.